The highest BCUT2D eigenvalue weighted by atomic mass is 35.5. The summed E-state index contributed by atoms with van der Waals surface area (Å²) in [6.07, 6.45) is 3.62. The van der Waals surface area contributed by atoms with Gasteiger partial charge in [-0.3, -0.25) is 14.5 Å². The molecule has 186 valence electrons. The molecule has 36 heavy (non-hydrogen) atoms. The van der Waals surface area contributed by atoms with Crippen molar-refractivity contribution in [3.8, 4) is 11.1 Å². The number of aromatic nitrogens is 1. The highest BCUT2D eigenvalue weighted by Gasteiger charge is 2.36. The maximum absolute atomic E-state index is 14.5. The Morgan fingerprint density at radius 3 is 2.50 bits per heavy atom. The minimum absolute atomic E-state index is 0.0180. The summed E-state index contributed by atoms with van der Waals surface area (Å²) in [7, 11) is 1.53. The average molecular weight is 529 g/mol. The normalized spacial score (nSPS) is 18.8. The molecule has 1 aromatic heterocycles. The van der Waals surface area contributed by atoms with Crippen molar-refractivity contribution < 1.29 is 18.7 Å². The Hall–Kier alpha value is -3.20. The zero-order chi connectivity index (χ0) is 25.6. The fourth-order valence-electron chi connectivity index (χ4n) is 4.76. The van der Waals surface area contributed by atoms with Gasteiger partial charge in [-0.25, -0.2) is 9.37 Å². The molecule has 10 heteroatoms. The van der Waals surface area contributed by atoms with Crippen LogP contribution >= 0.6 is 23.2 Å². The Labute approximate surface area is 217 Å². The summed E-state index contributed by atoms with van der Waals surface area (Å²) in [4.78, 5) is 33.1. The molecule has 0 aliphatic carbocycles. The van der Waals surface area contributed by atoms with Gasteiger partial charge in [-0.1, -0.05) is 29.3 Å². The predicted octanol–water partition coefficient (Wildman–Crippen LogP) is 4.94. The molecule has 2 fully saturated rings. The van der Waals surface area contributed by atoms with E-state index in [4.69, 9.17) is 33.7 Å². The Kier molecular flexibility index (Phi) is 6.59. The number of primary amides is 1. The number of anilines is 2. The number of halogens is 3. The minimum atomic E-state index is -0.711. The first-order valence-corrected chi connectivity index (χ1v) is 12.2. The van der Waals surface area contributed by atoms with E-state index >= 15 is 0 Å². The molecule has 3 aromatic rings. The molecular formula is C26H23Cl2FN4O3. The quantitative estimate of drug-likeness (QED) is 0.506. The van der Waals surface area contributed by atoms with Crippen molar-refractivity contribution in [3.63, 3.8) is 0 Å². The standard InChI is InChI=1S/C26H23Cl2FN4O3/c1-32(26(35)23-20(28)3-2-4-21(23)29)25-22(33-12-16-6-7-17(13-33)36-16)10-15(11-31-25)18-9-14(24(30)34)5-8-19(18)27/h2-5,8-11,16-17H,6-7,12-13H2,1H3,(H2,30,34). The highest BCUT2D eigenvalue weighted by molar-refractivity contribution is 6.34. The van der Waals surface area contributed by atoms with Gasteiger partial charge in [0.05, 0.1) is 28.5 Å². The second kappa shape index (κ2) is 9.69. The van der Waals surface area contributed by atoms with Crippen molar-refractivity contribution in [3.05, 3.63) is 75.7 Å². The molecular weight excluding hydrogens is 506 g/mol. The molecule has 3 heterocycles. The van der Waals surface area contributed by atoms with Crippen LogP contribution in [0.2, 0.25) is 10.0 Å². The van der Waals surface area contributed by atoms with Crippen molar-refractivity contribution >= 4 is 46.5 Å². The van der Waals surface area contributed by atoms with Crippen molar-refractivity contribution in [2.75, 3.05) is 29.9 Å². The monoisotopic (exact) mass is 528 g/mol. The molecule has 2 unspecified atom stereocenters. The number of rotatable bonds is 5. The van der Waals surface area contributed by atoms with Crippen LogP contribution in [0.3, 0.4) is 0 Å². The van der Waals surface area contributed by atoms with Crippen LogP contribution in [0, 0.1) is 5.82 Å². The lowest BCUT2D eigenvalue weighted by molar-refractivity contribution is 0.0305. The number of fused-ring (bicyclic) bond motifs is 2. The van der Waals surface area contributed by atoms with E-state index in [1.54, 1.807) is 24.4 Å². The van der Waals surface area contributed by atoms with Gasteiger partial charge in [-0.05, 0) is 49.2 Å². The predicted molar refractivity (Wildman–Crippen MR) is 137 cm³/mol. The second-order valence-corrected chi connectivity index (χ2v) is 9.76. The summed E-state index contributed by atoms with van der Waals surface area (Å²) in [6.45, 7) is 1.23. The number of hydrogen-bond acceptors (Lipinski definition) is 5. The molecule has 2 aliphatic heterocycles. The van der Waals surface area contributed by atoms with Gasteiger partial charge in [0.25, 0.3) is 5.91 Å². The number of nitrogens with zero attached hydrogens (tertiary/aromatic N) is 3. The summed E-state index contributed by atoms with van der Waals surface area (Å²) in [5.74, 6) is -1.57. The average Bonchev–Trinajstić information content (AvgIpc) is 3.20. The molecule has 0 spiro atoms. The molecule has 2 N–H and O–H groups in total. The maximum atomic E-state index is 14.5. The number of pyridine rings is 1. The summed E-state index contributed by atoms with van der Waals surface area (Å²) < 4.78 is 20.5. The first-order chi connectivity index (χ1) is 17.2. The fourth-order valence-corrected chi connectivity index (χ4v) is 5.23. The third kappa shape index (κ3) is 4.52. The number of benzene rings is 2. The zero-order valence-corrected chi connectivity index (χ0v) is 20.9. The third-order valence-corrected chi connectivity index (χ3v) is 7.24. The number of amides is 2. The second-order valence-electron chi connectivity index (χ2n) is 8.95. The van der Waals surface area contributed by atoms with Crippen LogP contribution in [0.15, 0.2) is 48.7 Å². The Bertz CT molecular complexity index is 1340. The molecule has 5 rings (SSSR count). The van der Waals surface area contributed by atoms with E-state index < -0.39 is 17.6 Å². The van der Waals surface area contributed by atoms with Crippen LogP contribution in [0.1, 0.15) is 33.6 Å². The number of morpholine rings is 1. The third-order valence-electron chi connectivity index (χ3n) is 6.59. The van der Waals surface area contributed by atoms with Crippen molar-refractivity contribution in [2.45, 2.75) is 25.0 Å². The van der Waals surface area contributed by atoms with E-state index in [1.165, 1.54) is 30.1 Å². The van der Waals surface area contributed by atoms with Crippen molar-refractivity contribution in [1.82, 2.24) is 4.98 Å². The van der Waals surface area contributed by atoms with Gasteiger partial charge in [-0.2, -0.15) is 0 Å². The lowest BCUT2D eigenvalue weighted by Crippen LogP contribution is -2.43. The molecule has 2 aromatic carbocycles. The lowest BCUT2D eigenvalue weighted by atomic mass is 10.0. The van der Waals surface area contributed by atoms with Gasteiger partial charge in [0.1, 0.15) is 5.82 Å². The Morgan fingerprint density at radius 1 is 1.11 bits per heavy atom. The lowest BCUT2D eigenvalue weighted by Gasteiger charge is -2.36. The summed E-state index contributed by atoms with van der Waals surface area (Å²) in [6, 6.07) is 10.7. The van der Waals surface area contributed by atoms with Gasteiger partial charge in [0.2, 0.25) is 5.91 Å². The number of ether oxygens (including phenoxy) is 1. The molecule has 0 saturated carbocycles. The van der Waals surface area contributed by atoms with Gasteiger partial charge in [0.15, 0.2) is 5.82 Å². The first-order valence-electron chi connectivity index (χ1n) is 11.4. The van der Waals surface area contributed by atoms with E-state index in [0.717, 1.165) is 12.8 Å². The molecule has 2 aliphatic rings. The van der Waals surface area contributed by atoms with E-state index in [9.17, 15) is 14.0 Å². The topological polar surface area (TPSA) is 88.8 Å². The largest absolute Gasteiger partial charge is 0.371 e. The summed E-state index contributed by atoms with van der Waals surface area (Å²) >= 11 is 12.6. The molecule has 2 atom stereocenters. The SMILES string of the molecule is CN(C(=O)c1c(F)cccc1Cl)c1ncc(-c2cc(C(N)=O)ccc2Cl)cc1N1CC2CCC(C1)O2. The minimum Gasteiger partial charge on any atom is -0.371 e. The number of nitrogens with two attached hydrogens (primary N) is 1. The van der Waals surface area contributed by atoms with Gasteiger partial charge >= 0.3 is 0 Å². The van der Waals surface area contributed by atoms with E-state index in [2.05, 4.69) is 9.88 Å². The van der Waals surface area contributed by atoms with E-state index in [0.29, 0.717) is 46.3 Å². The maximum Gasteiger partial charge on any atom is 0.263 e. The fraction of sp³-hybridized carbons (Fsp3) is 0.269. The van der Waals surface area contributed by atoms with Crippen LogP contribution in [-0.2, 0) is 4.74 Å². The first kappa shape index (κ1) is 24.5. The smallest absolute Gasteiger partial charge is 0.263 e. The van der Waals surface area contributed by atoms with Crippen molar-refractivity contribution in [2.24, 2.45) is 5.73 Å². The van der Waals surface area contributed by atoms with Crippen LogP contribution in [0.5, 0.6) is 0 Å². The number of hydrogen-bond donors (Lipinski definition) is 1. The highest BCUT2D eigenvalue weighted by Crippen LogP contribution is 2.38. The van der Waals surface area contributed by atoms with Gasteiger partial charge < -0.3 is 15.4 Å². The zero-order valence-electron chi connectivity index (χ0n) is 19.4. The summed E-state index contributed by atoms with van der Waals surface area (Å²) in [5, 5.41) is 0.439. The molecule has 2 bridgehead atoms. The number of carbonyl (C=O) groups excluding carboxylic acids is 2. The van der Waals surface area contributed by atoms with Crippen LogP contribution in [0.25, 0.3) is 11.1 Å². The van der Waals surface area contributed by atoms with Crippen LogP contribution < -0.4 is 15.5 Å². The van der Waals surface area contributed by atoms with E-state index in [-0.39, 0.29) is 22.8 Å². The van der Waals surface area contributed by atoms with Gasteiger partial charge in [-0.15, -0.1) is 0 Å². The Morgan fingerprint density at radius 2 is 1.83 bits per heavy atom. The molecule has 2 saturated heterocycles. The van der Waals surface area contributed by atoms with Gasteiger partial charge in [0, 0.05) is 48.0 Å². The number of carbonyl (C=O) groups is 2. The molecule has 0 radical (unpaired) electrons. The molecule has 2 amide bonds. The van der Waals surface area contributed by atoms with E-state index in [1.807, 2.05) is 6.07 Å². The molecule has 7 nitrogen and oxygen atoms in total. The van der Waals surface area contributed by atoms with Crippen LogP contribution in [-0.4, -0.2) is 49.1 Å². The Balaban J connectivity index is 1.61. The van der Waals surface area contributed by atoms with Crippen LogP contribution in [0.4, 0.5) is 15.9 Å². The summed E-state index contributed by atoms with van der Waals surface area (Å²) in [5.41, 5.74) is 7.44. The van der Waals surface area contributed by atoms with Crippen molar-refractivity contribution in [1.29, 1.82) is 0 Å².